The fourth-order valence-electron chi connectivity index (χ4n) is 2.43. The van der Waals surface area contributed by atoms with Crippen molar-refractivity contribution in [2.24, 2.45) is 5.41 Å². The Morgan fingerprint density at radius 3 is 2.65 bits per heavy atom. The molecule has 1 atom stereocenters. The summed E-state index contributed by atoms with van der Waals surface area (Å²) in [7, 11) is 1.99. The first-order valence-corrected chi connectivity index (χ1v) is 7.06. The maximum atomic E-state index is 12.3. The van der Waals surface area contributed by atoms with Gasteiger partial charge in [-0.3, -0.25) is 9.69 Å². The first-order valence-electron chi connectivity index (χ1n) is 7.06. The Hall–Kier alpha value is -1.39. The molecule has 0 unspecified atom stereocenters. The lowest BCUT2D eigenvalue weighted by atomic mass is 9.88. The van der Waals surface area contributed by atoms with Gasteiger partial charge < -0.3 is 10.1 Å². The number of nitrogens with zero attached hydrogens (tertiary/aromatic N) is 1. The number of hydrogen-bond acceptors (Lipinski definition) is 3. The van der Waals surface area contributed by atoms with Crippen LogP contribution in [0.1, 0.15) is 19.4 Å². The number of benzene rings is 1. The van der Waals surface area contributed by atoms with Gasteiger partial charge in [0.1, 0.15) is 0 Å². The van der Waals surface area contributed by atoms with Gasteiger partial charge in [0.2, 0.25) is 5.91 Å². The van der Waals surface area contributed by atoms with E-state index in [1.54, 1.807) is 0 Å². The quantitative estimate of drug-likeness (QED) is 0.897. The lowest BCUT2D eigenvalue weighted by Gasteiger charge is -2.42. The lowest BCUT2D eigenvalue weighted by Crippen LogP contribution is -2.51. The monoisotopic (exact) mass is 276 g/mol. The molecule has 1 saturated heterocycles. The molecule has 1 heterocycles. The first-order chi connectivity index (χ1) is 9.41. The maximum Gasteiger partial charge on any atom is 0.241 e. The van der Waals surface area contributed by atoms with E-state index in [1.807, 2.05) is 45.2 Å². The average molecular weight is 276 g/mol. The predicted octanol–water partition coefficient (Wildman–Crippen LogP) is 2.29. The molecule has 0 spiro atoms. The van der Waals surface area contributed by atoms with E-state index in [1.165, 1.54) is 0 Å². The molecule has 1 aromatic carbocycles. The summed E-state index contributed by atoms with van der Waals surface area (Å²) >= 11 is 0. The van der Waals surface area contributed by atoms with Crippen LogP contribution in [0, 0.1) is 12.3 Å². The van der Waals surface area contributed by atoms with Crippen molar-refractivity contribution in [3.63, 3.8) is 0 Å². The van der Waals surface area contributed by atoms with Crippen LogP contribution in [0.25, 0.3) is 0 Å². The second-order valence-electron chi connectivity index (χ2n) is 6.20. The van der Waals surface area contributed by atoms with Gasteiger partial charge in [0.25, 0.3) is 0 Å². The van der Waals surface area contributed by atoms with E-state index in [2.05, 4.69) is 17.1 Å². The Morgan fingerprint density at radius 1 is 1.45 bits per heavy atom. The largest absolute Gasteiger partial charge is 0.380 e. The van der Waals surface area contributed by atoms with E-state index < -0.39 is 0 Å². The minimum Gasteiger partial charge on any atom is -0.380 e. The molecule has 1 amide bonds. The second kappa shape index (κ2) is 5.94. The predicted molar refractivity (Wildman–Crippen MR) is 80.8 cm³/mol. The summed E-state index contributed by atoms with van der Waals surface area (Å²) in [6, 6.07) is 7.67. The number of hydrogen-bond donors (Lipinski definition) is 1. The van der Waals surface area contributed by atoms with Crippen LogP contribution in [0.15, 0.2) is 24.3 Å². The summed E-state index contributed by atoms with van der Waals surface area (Å²) in [5.74, 6) is 0.0330. The third kappa shape index (κ3) is 3.38. The second-order valence-corrected chi connectivity index (χ2v) is 6.20. The molecule has 0 aliphatic carbocycles. The summed E-state index contributed by atoms with van der Waals surface area (Å²) in [6.45, 7) is 8.56. The van der Waals surface area contributed by atoms with Crippen molar-refractivity contribution >= 4 is 11.6 Å². The van der Waals surface area contributed by atoms with Gasteiger partial charge in [0.05, 0.1) is 19.3 Å². The molecule has 20 heavy (non-hydrogen) atoms. The fourth-order valence-corrected chi connectivity index (χ4v) is 2.43. The Labute approximate surface area is 121 Å². The average Bonchev–Trinajstić information content (AvgIpc) is 2.38. The Kier molecular flexibility index (Phi) is 4.45. The standard InChI is InChI=1S/C16H24N2O2/c1-12-7-5-6-8-14(12)17-15(19)13(2)18(4)9-16(3)10-20-11-16/h5-8,13H,9-11H2,1-4H3,(H,17,19)/t13-/m1/s1. The van der Waals surface area contributed by atoms with Crippen molar-refractivity contribution in [1.29, 1.82) is 0 Å². The minimum absolute atomic E-state index is 0.0330. The SMILES string of the molecule is Cc1ccccc1NC(=O)[C@@H](C)N(C)CC1(C)COC1. The number of likely N-dealkylation sites (N-methyl/N-ethyl adjacent to an activating group) is 1. The van der Waals surface area contributed by atoms with E-state index in [0.29, 0.717) is 0 Å². The minimum atomic E-state index is -0.160. The normalized spacial score (nSPS) is 18.4. The van der Waals surface area contributed by atoms with E-state index in [4.69, 9.17) is 4.74 Å². The van der Waals surface area contributed by atoms with Crippen molar-refractivity contribution in [2.45, 2.75) is 26.8 Å². The summed E-state index contributed by atoms with van der Waals surface area (Å²) in [5, 5.41) is 3.00. The van der Waals surface area contributed by atoms with Crippen LogP contribution in [0.5, 0.6) is 0 Å². The Bertz CT molecular complexity index is 483. The highest BCUT2D eigenvalue weighted by Gasteiger charge is 2.36. The third-order valence-corrected chi connectivity index (χ3v) is 3.98. The van der Waals surface area contributed by atoms with Crippen LogP contribution in [0.4, 0.5) is 5.69 Å². The fraction of sp³-hybridized carbons (Fsp3) is 0.562. The van der Waals surface area contributed by atoms with Gasteiger partial charge in [-0.2, -0.15) is 0 Å². The molecule has 1 N–H and O–H groups in total. The first kappa shape index (κ1) is 15.0. The number of anilines is 1. The van der Waals surface area contributed by atoms with Crippen molar-refractivity contribution in [1.82, 2.24) is 4.90 Å². The third-order valence-electron chi connectivity index (χ3n) is 3.98. The van der Waals surface area contributed by atoms with Crippen LogP contribution in [0.2, 0.25) is 0 Å². The van der Waals surface area contributed by atoms with Crippen LogP contribution in [0.3, 0.4) is 0 Å². The van der Waals surface area contributed by atoms with E-state index in [-0.39, 0.29) is 17.4 Å². The topological polar surface area (TPSA) is 41.6 Å². The number of aryl methyl sites for hydroxylation is 1. The molecule has 0 bridgehead atoms. The van der Waals surface area contributed by atoms with Gasteiger partial charge in [0.15, 0.2) is 0 Å². The zero-order valence-corrected chi connectivity index (χ0v) is 12.8. The van der Waals surface area contributed by atoms with Crippen molar-refractivity contribution in [3.8, 4) is 0 Å². The smallest absolute Gasteiger partial charge is 0.241 e. The van der Waals surface area contributed by atoms with Crippen molar-refractivity contribution in [2.75, 3.05) is 32.1 Å². The van der Waals surface area contributed by atoms with Gasteiger partial charge in [-0.05, 0) is 32.5 Å². The van der Waals surface area contributed by atoms with E-state index >= 15 is 0 Å². The van der Waals surface area contributed by atoms with Gasteiger partial charge in [0, 0.05) is 17.6 Å². The summed E-state index contributed by atoms with van der Waals surface area (Å²) in [5.41, 5.74) is 2.15. The highest BCUT2D eigenvalue weighted by Crippen LogP contribution is 2.27. The van der Waals surface area contributed by atoms with Crippen LogP contribution in [-0.2, 0) is 9.53 Å². The Balaban J connectivity index is 1.93. The zero-order chi connectivity index (χ0) is 14.8. The summed E-state index contributed by atoms with van der Waals surface area (Å²) in [4.78, 5) is 14.4. The Morgan fingerprint density at radius 2 is 2.10 bits per heavy atom. The van der Waals surface area contributed by atoms with Crippen molar-refractivity contribution < 1.29 is 9.53 Å². The molecule has 2 rings (SSSR count). The van der Waals surface area contributed by atoms with E-state index in [0.717, 1.165) is 31.0 Å². The van der Waals surface area contributed by atoms with Crippen LogP contribution >= 0.6 is 0 Å². The van der Waals surface area contributed by atoms with Gasteiger partial charge in [-0.15, -0.1) is 0 Å². The molecule has 0 saturated carbocycles. The molecule has 0 aromatic heterocycles. The number of nitrogens with one attached hydrogen (secondary N) is 1. The zero-order valence-electron chi connectivity index (χ0n) is 12.8. The van der Waals surface area contributed by atoms with Crippen LogP contribution < -0.4 is 5.32 Å². The van der Waals surface area contributed by atoms with E-state index in [9.17, 15) is 4.79 Å². The summed E-state index contributed by atoms with van der Waals surface area (Å²) < 4.78 is 5.26. The van der Waals surface area contributed by atoms with Crippen molar-refractivity contribution in [3.05, 3.63) is 29.8 Å². The highest BCUT2D eigenvalue weighted by atomic mass is 16.5. The number of carbonyl (C=O) groups is 1. The van der Waals surface area contributed by atoms with Gasteiger partial charge in [-0.1, -0.05) is 25.1 Å². The molecule has 1 aromatic rings. The molecule has 0 radical (unpaired) electrons. The summed E-state index contributed by atoms with van der Waals surface area (Å²) in [6.07, 6.45) is 0. The maximum absolute atomic E-state index is 12.3. The molecular formula is C16H24N2O2. The molecule has 1 aliphatic heterocycles. The molecule has 4 nitrogen and oxygen atoms in total. The molecule has 1 fully saturated rings. The lowest BCUT2D eigenvalue weighted by molar-refractivity contribution is -0.129. The van der Waals surface area contributed by atoms with Crippen LogP contribution in [-0.4, -0.2) is 43.7 Å². The van der Waals surface area contributed by atoms with Gasteiger partial charge in [-0.25, -0.2) is 0 Å². The molecule has 1 aliphatic rings. The molecule has 110 valence electrons. The molecular weight excluding hydrogens is 252 g/mol. The number of rotatable bonds is 5. The number of para-hydroxylation sites is 1. The number of carbonyl (C=O) groups excluding carboxylic acids is 1. The number of amides is 1. The highest BCUT2D eigenvalue weighted by molar-refractivity contribution is 5.95. The number of ether oxygens (including phenoxy) is 1. The molecule has 4 heteroatoms. The van der Waals surface area contributed by atoms with Gasteiger partial charge >= 0.3 is 0 Å².